The van der Waals surface area contributed by atoms with Gasteiger partial charge in [0.15, 0.2) is 0 Å². The molecular weight excluding hydrogens is 201 g/mol. The van der Waals surface area contributed by atoms with E-state index in [1.54, 1.807) is 12.1 Å². The van der Waals surface area contributed by atoms with E-state index >= 15 is 0 Å². The van der Waals surface area contributed by atoms with Crippen LogP contribution in [0.2, 0.25) is 5.02 Å². The van der Waals surface area contributed by atoms with Crippen LogP contribution in [0.1, 0.15) is 12.5 Å². The molecule has 0 bridgehead atoms. The van der Waals surface area contributed by atoms with E-state index < -0.39 is 0 Å². The SMILES string of the molecule is C=C(C)C(N)Cc1c(F)cccc1Cl. The van der Waals surface area contributed by atoms with E-state index in [1.165, 1.54) is 6.07 Å². The molecule has 0 amide bonds. The number of halogens is 2. The van der Waals surface area contributed by atoms with E-state index in [1.807, 2.05) is 6.92 Å². The Morgan fingerprint density at radius 2 is 2.29 bits per heavy atom. The van der Waals surface area contributed by atoms with Gasteiger partial charge in [-0.05, 0) is 25.5 Å². The molecule has 14 heavy (non-hydrogen) atoms. The largest absolute Gasteiger partial charge is 0.324 e. The lowest BCUT2D eigenvalue weighted by molar-refractivity contribution is 0.600. The predicted octanol–water partition coefficient (Wildman–Crippen LogP) is 2.93. The Hall–Kier alpha value is -0.860. The number of hydrogen-bond donors (Lipinski definition) is 1. The summed E-state index contributed by atoms with van der Waals surface area (Å²) in [4.78, 5) is 0. The quantitative estimate of drug-likeness (QED) is 0.768. The van der Waals surface area contributed by atoms with Crippen LogP contribution in [0.25, 0.3) is 0 Å². The van der Waals surface area contributed by atoms with E-state index in [-0.39, 0.29) is 11.9 Å². The van der Waals surface area contributed by atoms with Gasteiger partial charge in [0.05, 0.1) is 0 Å². The minimum atomic E-state index is -0.311. The molecule has 0 fully saturated rings. The molecule has 3 heteroatoms. The van der Waals surface area contributed by atoms with Crippen LogP contribution in [0.3, 0.4) is 0 Å². The van der Waals surface area contributed by atoms with E-state index in [0.29, 0.717) is 17.0 Å². The average Bonchev–Trinajstić information content (AvgIpc) is 2.11. The maximum absolute atomic E-state index is 13.3. The van der Waals surface area contributed by atoms with Crippen LogP contribution >= 0.6 is 11.6 Å². The van der Waals surface area contributed by atoms with Crippen molar-refractivity contribution in [2.45, 2.75) is 19.4 Å². The fourth-order valence-electron chi connectivity index (χ4n) is 1.12. The highest BCUT2D eigenvalue weighted by molar-refractivity contribution is 6.31. The summed E-state index contributed by atoms with van der Waals surface area (Å²) in [5.74, 6) is -0.311. The van der Waals surface area contributed by atoms with Gasteiger partial charge in [-0.15, -0.1) is 0 Å². The van der Waals surface area contributed by atoms with E-state index in [9.17, 15) is 4.39 Å². The van der Waals surface area contributed by atoms with E-state index in [4.69, 9.17) is 17.3 Å². The highest BCUT2D eigenvalue weighted by Crippen LogP contribution is 2.21. The highest BCUT2D eigenvalue weighted by atomic mass is 35.5. The lowest BCUT2D eigenvalue weighted by Crippen LogP contribution is -2.24. The van der Waals surface area contributed by atoms with E-state index in [2.05, 4.69) is 6.58 Å². The number of benzene rings is 1. The first-order valence-corrected chi connectivity index (χ1v) is 4.74. The van der Waals surface area contributed by atoms with Crippen LogP contribution in [-0.2, 0) is 6.42 Å². The third-order valence-electron chi connectivity index (χ3n) is 2.12. The Kier molecular flexibility index (Phi) is 3.67. The van der Waals surface area contributed by atoms with Gasteiger partial charge >= 0.3 is 0 Å². The summed E-state index contributed by atoms with van der Waals surface area (Å²) in [5, 5.41) is 0.418. The third kappa shape index (κ3) is 2.56. The van der Waals surface area contributed by atoms with Crippen LogP contribution in [0.5, 0.6) is 0 Å². The molecule has 1 nitrogen and oxygen atoms in total. The van der Waals surface area contributed by atoms with Gasteiger partial charge in [0.2, 0.25) is 0 Å². The zero-order valence-corrected chi connectivity index (χ0v) is 8.81. The lowest BCUT2D eigenvalue weighted by atomic mass is 10.0. The number of nitrogens with two attached hydrogens (primary N) is 1. The third-order valence-corrected chi connectivity index (χ3v) is 2.47. The summed E-state index contributed by atoms with van der Waals surface area (Å²) in [5.41, 5.74) is 7.05. The zero-order chi connectivity index (χ0) is 10.7. The molecule has 76 valence electrons. The molecule has 0 aromatic heterocycles. The summed E-state index contributed by atoms with van der Waals surface area (Å²) in [6, 6.07) is 4.37. The van der Waals surface area contributed by atoms with Crippen LogP contribution in [-0.4, -0.2) is 6.04 Å². The van der Waals surface area contributed by atoms with E-state index in [0.717, 1.165) is 5.57 Å². The van der Waals surface area contributed by atoms with Gasteiger partial charge in [0.25, 0.3) is 0 Å². The summed E-state index contributed by atoms with van der Waals surface area (Å²) in [6.45, 7) is 5.54. The van der Waals surface area contributed by atoms with Crippen LogP contribution in [0.4, 0.5) is 4.39 Å². The second kappa shape index (κ2) is 4.58. The second-order valence-electron chi connectivity index (χ2n) is 3.36. The Morgan fingerprint density at radius 3 is 2.79 bits per heavy atom. The fraction of sp³-hybridized carbons (Fsp3) is 0.273. The highest BCUT2D eigenvalue weighted by Gasteiger charge is 2.11. The molecular formula is C11H13ClFN. The van der Waals surface area contributed by atoms with Crippen molar-refractivity contribution in [3.8, 4) is 0 Å². The van der Waals surface area contributed by atoms with Gasteiger partial charge in [0.1, 0.15) is 5.82 Å². The minimum Gasteiger partial charge on any atom is -0.324 e. The van der Waals surface area contributed by atoms with Crippen molar-refractivity contribution in [3.05, 3.63) is 46.8 Å². The molecule has 0 aliphatic heterocycles. The topological polar surface area (TPSA) is 26.0 Å². The smallest absolute Gasteiger partial charge is 0.127 e. The van der Waals surface area contributed by atoms with Crippen molar-refractivity contribution < 1.29 is 4.39 Å². The van der Waals surface area contributed by atoms with Crippen molar-refractivity contribution in [3.63, 3.8) is 0 Å². The maximum Gasteiger partial charge on any atom is 0.127 e. The molecule has 0 spiro atoms. The van der Waals surface area contributed by atoms with Crippen LogP contribution < -0.4 is 5.73 Å². The first-order valence-electron chi connectivity index (χ1n) is 4.36. The van der Waals surface area contributed by atoms with Crippen LogP contribution in [0.15, 0.2) is 30.4 Å². The predicted molar refractivity (Wildman–Crippen MR) is 57.9 cm³/mol. The van der Waals surface area contributed by atoms with Gasteiger partial charge in [-0.25, -0.2) is 4.39 Å². The molecule has 2 N–H and O–H groups in total. The summed E-state index contributed by atoms with van der Waals surface area (Å²) < 4.78 is 13.3. The molecule has 0 heterocycles. The summed E-state index contributed by atoms with van der Waals surface area (Å²) >= 11 is 5.85. The molecule has 1 aromatic carbocycles. The van der Waals surface area contributed by atoms with Crippen molar-refractivity contribution in [1.82, 2.24) is 0 Å². The monoisotopic (exact) mass is 213 g/mol. The van der Waals surface area contributed by atoms with Gasteiger partial charge in [0, 0.05) is 16.6 Å². The molecule has 0 aliphatic rings. The lowest BCUT2D eigenvalue weighted by Gasteiger charge is -2.12. The molecule has 1 aromatic rings. The molecule has 0 saturated carbocycles. The molecule has 1 rings (SSSR count). The minimum absolute atomic E-state index is 0.246. The molecule has 0 saturated heterocycles. The normalized spacial score (nSPS) is 12.6. The molecule has 0 aliphatic carbocycles. The number of hydrogen-bond acceptors (Lipinski definition) is 1. The Morgan fingerprint density at radius 1 is 1.64 bits per heavy atom. The summed E-state index contributed by atoms with van der Waals surface area (Å²) in [7, 11) is 0. The van der Waals surface area contributed by atoms with Gasteiger partial charge < -0.3 is 5.73 Å². The Balaban J connectivity index is 2.91. The van der Waals surface area contributed by atoms with Crippen molar-refractivity contribution in [1.29, 1.82) is 0 Å². The van der Waals surface area contributed by atoms with Gasteiger partial charge in [-0.1, -0.05) is 29.8 Å². The Bertz CT molecular complexity index is 329. The second-order valence-corrected chi connectivity index (χ2v) is 3.76. The zero-order valence-electron chi connectivity index (χ0n) is 8.06. The average molecular weight is 214 g/mol. The van der Waals surface area contributed by atoms with Gasteiger partial charge in [-0.2, -0.15) is 0 Å². The Labute approximate surface area is 88.4 Å². The standard InChI is InChI=1S/C11H13ClFN/c1-7(2)11(14)6-8-9(12)4-3-5-10(8)13/h3-5,11H,1,6,14H2,2H3. The molecule has 1 unspecified atom stereocenters. The first-order chi connectivity index (χ1) is 6.52. The van der Waals surface area contributed by atoms with Crippen LogP contribution in [0, 0.1) is 5.82 Å². The first kappa shape index (κ1) is 11.2. The van der Waals surface area contributed by atoms with Crippen molar-refractivity contribution in [2.24, 2.45) is 5.73 Å². The fourth-order valence-corrected chi connectivity index (χ4v) is 1.36. The number of rotatable bonds is 3. The van der Waals surface area contributed by atoms with Crippen molar-refractivity contribution in [2.75, 3.05) is 0 Å². The maximum atomic E-state index is 13.3. The molecule has 1 atom stereocenters. The van der Waals surface area contributed by atoms with Crippen molar-refractivity contribution >= 4 is 11.6 Å². The molecule has 0 radical (unpaired) electrons. The summed E-state index contributed by atoms with van der Waals surface area (Å²) in [6.07, 6.45) is 0.390. The van der Waals surface area contributed by atoms with Gasteiger partial charge in [-0.3, -0.25) is 0 Å².